The number of aromatic hydroxyl groups is 1. The lowest BCUT2D eigenvalue weighted by Gasteiger charge is -2.57. The van der Waals surface area contributed by atoms with Crippen LogP contribution in [0.1, 0.15) is 89.1 Å². The molecule has 1 aromatic carbocycles. The fourth-order valence-corrected chi connectivity index (χ4v) is 9.50. The second-order valence-electron chi connectivity index (χ2n) is 12.1. The Kier molecular flexibility index (Phi) is 8.17. The Hall–Kier alpha value is -3.51. The number of carbonyl (C=O) groups is 2. The summed E-state index contributed by atoms with van der Waals surface area (Å²) >= 11 is 4.54. The van der Waals surface area contributed by atoms with Crippen LogP contribution in [0.3, 0.4) is 0 Å². The Labute approximate surface area is 266 Å². The average Bonchev–Trinajstić information content (AvgIpc) is 3.29. The van der Waals surface area contributed by atoms with E-state index in [1.165, 1.54) is 44.1 Å². The summed E-state index contributed by atoms with van der Waals surface area (Å²) in [5, 5.41) is 11.4. The molecule has 232 valence electrons. The number of aromatic nitrogens is 2. The average molecular weight is 685 g/mol. The smallest absolute Gasteiger partial charge is 0.348 e. The van der Waals surface area contributed by atoms with Gasteiger partial charge in [-0.1, -0.05) is 6.07 Å². The molecule has 7 rings (SSSR count). The first kappa shape index (κ1) is 30.5. The van der Waals surface area contributed by atoms with Gasteiger partial charge in [0.2, 0.25) is 5.88 Å². The molecule has 0 amide bonds. The Morgan fingerprint density at radius 3 is 2.30 bits per heavy atom. The Morgan fingerprint density at radius 2 is 1.70 bits per heavy atom. The molecule has 10 nitrogen and oxygen atoms in total. The Balaban J connectivity index is 1.38. The number of ether oxygens (including phenoxy) is 2. The zero-order chi connectivity index (χ0) is 31.3. The van der Waals surface area contributed by atoms with E-state index in [1.807, 2.05) is 12.1 Å². The number of H-pyrrole nitrogens is 1. The molecular weight excluding hydrogens is 650 g/mol. The normalized spacial score (nSPS) is 23.8. The summed E-state index contributed by atoms with van der Waals surface area (Å²) in [5.41, 5.74) is 0.193. The van der Waals surface area contributed by atoms with E-state index < -0.39 is 29.1 Å². The molecule has 4 saturated carbocycles. The van der Waals surface area contributed by atoms with Crippen LogP contribution in [-0.2, 0) is 14.9 Å². The molecule has 4 aliphatic rings. The Bertz CT molecular complexity index is 1770. The fraction of sp³-hybridized carbons (Fsp3) is 0.469. The number of aliphatic imine (C=N–C) groups is 1. The van der Waals surface area contributed by atoms with Gasteiger partial charge in [0.1, 0.15) is 21.0 Å². The van der Waals surface area contributed by atoms with Gasteiger partial charge in [0.25, 0.3) is 5.56 Å². The van der Waals surface area contributed by atoms with Crippen molar-refractivity contribution in [3.8, 4) is 11.6 Å². The number of hydrogen-bond donors (Lipinski definition) is 2. The van der Waals surface area contributed by atoms with Crippen molar-refractivity contribution in [3.05, 3.63) is 70.6 Å². The molecule has 2 heterocycles. The van der Waals surface area contributed by atoms with E-state index in [0.29, 0.717) is 15.7 Å². The maximum absolute atomic E-state index is 13.0. The van der Waals surface area contributed by atoms with Crippen molar-refractivity contribution in [2.24, 2.45) is 22.7 Å². The van der Waals surface area contributed by atoms with Crippen LogP contribution in [0.15, 0.2) is 37.3 Å². The summed E-state index contributed by atoms with van der Waals surface area (Å²) in [6.45, 7) is 5.17. The van der Waals surface area contributed by atoms with Gasteiger partial charge in [0.05, 0.1) is 18.9 Å². The standard InChI is InChI=1S/C32H34BrN3O7S/c1-4-42-29(39)24-16(3)25(30(40)43-5-2)44-27(24)34-15-21-26(37)35-31(41)36(28(21)38)23-7-6-20(11-22(23)33)32-12-17-8-18(13-32)10-19(9-17)14-32/h6-7,11,15,17-19,38H,4-5,8-10,12-14H2,1-3H3,(H,35,37,41). The zero-order valence-electron chi connectivity index (χ0n) is 24.8. The lowest BCUT2D eigenvalue weighted by molar-refractivity contribution is -0.00521. The zero-order valence-corrected chi connectivity index (χ0v) is 27.2. The number of nitrogens with zero attached hydrogens (tertiary/aromatic N) is 2. The first-order valence-corrected chi connectivity index (χ1v) is 16.6. The molecular formula is C32H34BrN3O7S. The second-order valence-corrected chi connectivity index (χ2v) is 14.0. The number of thiophene rings is 1. The van der Waals surface area contributed by atoms with E-state index >= 15 is 0 Å². The first-order valence-electron chi connectivity index (χ1n) is 15.0. The van der Waals surface area contributed by atoms with Crippen molar-refractivity contribution >= 4 is 50.4 Å². The van der Waals surface area contributed by atoms with E-state index in [9.17, 15) is 24.3 Å². The molecule has 3 aromatic rings. The number of halogens is 1. The monoisotopic (exact) mass is 683 g/mol. The molecule has 0 saturated heterocycles. The van der Waals surface area contributed by atoms with Crippen LogP contribution >= 0.6 is 27.3 Å². The van der Waals surface area contributed by atoms with Gasteiger partial charge in [-0.2, -0.15) is 0 Å². The number of rotatable bonds is 8. The van der Waals surface area contributed by atoms with E-state index in [-0.39, 0.29) is 39.6 Å². The number of aromatic amines is 1. The van der Waals surface area contributed by atoms with Crippen molar-refractivity contribution in [1.29, 1.82) is 0 Å². The van der Waals surface area contributed by atoms with Gasteiger partial charge in [-0.25, -0.2) is 23.9 Å². The molecule has 2 N–H and O–H groups in total. The van der Waals surface area contributed by atoms with Crippen LogP contribution in [0.4, 0.5) is 5.00 Å². The second kappa shape index (κ2) is 11.8. The van der Waals surface area contributed by atoms with Gasteiger partial charge < -0.3 is 14.6 Å². The number of benzene rings is 1. The van der Waals surface area contributed by atoms with Gasteiger partial charge in [0, 0.05) is 10.7 Å². The third-order valence-electron chi connectivity index (χ3n) is 9.34. The lowest BCUT2D eigenvalue weighted by Crippen LogP contribution is -2.48. The molecule has 4 aliphatic carbocycles. The largest absolute Gasteiger partial charge is 0.493 e. The van der Waals surface area contributed by atoms with Gasteiger partial charge in [-0.15, -0.1) is 11.3 Å². The highest BCUT2D eigenvalue weighted by atomic mass is 79.9. The minimum Gasteiger partial charge on any atom is -0.493 e. The summed E-state index contributed by atoms with van der Waals surface area (Å²) < 4.78 is 11.9. The van der Waals surface area contributed by atoms with Crippen molar-refractivity contribution in [3.63, 3.8) is 0 Å². The predicted molar refractivity (Wildman–Crippen MR) is 170 cm³/mol. The SMILES string of the molecule is CCOC(=O)c1sc(N=Cc2c(O)n(-c3ccc(C45CC6CC(CC(C6)C4)C5)cc3Br)c(=O)[nH]c2=O)c(C(=O)OCC)c1C. The quantitative estimate of drug-likeness (QED) is 0.221. The molecule has 4 bridgehead atoms. The molecule has 0 unspecified atom stereocenters. The number of hydrogen-bond acceptors (Lipinski definition) is 9. The molecule has 2 aromatic heterocycles. The molecule has 0 spiro atoms. The van der Waals surface area contributed by atoms with Crippen molar-refractivity contribution in [1.82, 2.24) is 9.55 Å². The minimum absolute atomic E-state index is 0.0587. The van der Waals surface area contributed by atoms with Crippen molar-refractivity contribution in [2.45, 2.75) is 64.7 Å². The van der Waals surface area contributed by atoms with Gasteiger partial charge in [-0.05, 0) is 122 Å². The van der Waals surface area contributed by atoms with Gasteiger partial charge in [-0.3, -0.25) is 9.78 Å². The maximum Gasteiger partial charge on any atom is 0.348 e. The van der Waals surface area contributed by atoms with Crippen molar-refractivity contribution in [2.75, 3.05) is 13.2 Å². The van der Waals surface area contributed by atoms with E-state index in [0.717, 1.165) is 39.9 Å². The fourth-order valence-electron chi connectivity index (χ4n) is 7.91. The first-order chi connectivity index (χ1) is 21.0. The van der Waals surface area contributed by atoms with Crippen LogP contribution in [0.2, 0.25) is 0 Å². The Morgan fingerprint density at radius 1 is 1.09 bits per heavy atom. The van der Waals surface area contributed by atoms with Gasteiger partial charge in [0.15, 0.2) is 0 Å². The van der Waals surface area contributed by atoms with Crippen molar-refractivity contribution < 1.29 is 24.2 Å². The predicted octanol–water partition coefficient (Wildman–Crippen LogP) is 5.94. The van der Waals surface area contributed by atoms with E-state index in [2.05, 4.69) is 25.9 Å². The van der Waals surface area contributed by atoms with Crippen LogP contribution in [0.5, 0.6) is 5.88 Å². The molecule has 12 heteroatoms. The highest BCUT2D eigenvalue weighted by Gasteiger charge is 2.51. The highest BCUT2D eigenvalue weighted by molar-refractivity contribution is 9.10. The number of carbonyl (C=O) groups excluding carboxylic acids is 2. The third kappa shape index (κ3) is 5.25. The number of nitrogens with one attached hydrogen (secondary N) is 1. The van der Waals surface area contributed by atoms with Crippen LogP contribution in [0, 0.1) is 24.7 Å². The molecule has 4 fully saturated rings. The highest BCUT2D eigenvalue weighted by Crippen LogP contribution is 2.61. The summed E-state index contributed by atoms with van der Waals surface area (Å²) in [4.78, 5) is 57.9. The summed E-state index contributed by atoms with van der Waals surface area (Å²) in [6.07, 6.45) is 8.62. The van der Waals surface area contributed by atoms with E-state index in [4.69, 9.17) is 9.47 Å². The van der Waals surface area contributed by atoms with Crippen LogP contribution in [0.25, 0.3) is 5.69 Å². The summed E-state index contributed by atoms with van der Waals surface area (Å²) in [6, 6.07) is 5.88. The number of esters is 2. The van der Waals surface area contributed by atoms with E-state index in [1.54, 1.807) is 26.8 Å². The lowest BCUT2D eigenvalue weighted by atomic mass is 9.48. The van der Waals surface area contributed by atoms with Crippen LogP contribution in [-0.4, -0.2) is 46.0 Å². The molecule has 0 aliphatic heterocycles. The molecule has 0 atom stereocenters. The molecule has 0 radical (unpaired) electrons. The topological polar surface area (TPSA) is 140 Å². The van der Waals surface area contributed by atoms with Gasteiger partial charge >= 0.3 is 17.6 Å². The minimum atomic E-state index is -0.856. The summed E-state index contributed by atoms with van der Waals surface area (Å²) in [7, 11) is 0. The maximum atomic E-state index is 13.0. The molecule has 44 heavy (non-hydrogen) atoms. The summed E-state index contributed by atoms with van der Waals surface area (Å²) in [5.74, 6) is 0.419. The van der Waals surface area contributed by atoms with Crippen LogP contribution < -0.4 is 11.2 Å². The third-order valence-corrected chi connectivity index (χ3v) is 11.2.